The molecule has 46 heavy (non-hydrogen) atoms. The summed E-state index contributed by atoms with van der Waals surface area (Å²) in [6, 6.07) is 0. The number of ether oxygens (including phenoxy) is 4. The monoisotopic (exact) mass is 718 g/mol. The summed E-state index contributed by atoms with van der Waals surface area (Å²) in [5.41, 5.74) is -2.12. The topological polar surface area (TPSA) is 105 Å². The van der Waals surface area contributed by atoms with Gasteiger partial charge in [0, 0.05) is 11.8 Å². The molecule has 0 fully saturated rings. The van der Waals surface area contributed by atoms with Crippen LogP contribution >= 0.6 is 15.9 Å². The summed E-state index contributed by atoms with van der Waals surface area (Å²) in [5, 5.41) is 0.896. The lowest BCUT2D eigenvalue weighted by atomic mass is 9.94. The lowest BCUT2D eigenvalue weighted by Gasteiger charge is -2.30. The molecular weight excluding hydrogens is 652 g/mol. The predicted molar refractivity (Wildman–Crippen MR) is 188 cm³/mol. The first-order valence-electron chi connectivity index (χ1n) is 18.6. The molecule has 0 saturated heterocycles. The third kappa shape index (κ3) is 25.4. The van der Waals surface area contributed by atoms with Crippen LogP contribution in [0.3, 0.4) is 0 Å². The molecule has 0 aliphatic carbocycles. The van der Waals surface area contributed by atoms with Gasteiger partial charge in [0.25, 0.3) is 0 Å². The number of carbonyl (C=O) groups is 4. The first-order chi connectivity index (χ1) is 22.3. The van der Waals surface area contributed by atoms with Crippen LogP contribution in [0.5, 0.6) is 0 Å². The fourth-order valence-corrected chi connectivity index (χ4v) is 5.59. The third-order valence-electron chi connectivity index (χ3n) is 8.06. The number of esters is 4. The summed E-state index contributed by atoms with van der Waals surface area (Å²) in [6.45, 7) is 7.01. The highest BCUT2D eigenvalue weighted by Crippen LogP contribution is 2.27. The van der Waals surface area contributed by atoms with E-state index in [1.807, 2.05) is 0 Å². The molecule has 270 valence electrons. The van der Waals surface area contributed by atoms with Crippen molar-refractivity contribution in [2.45, 2.75) is 187 Å². The molecule has 0 saturated carbocycles. The van der Waals surface area contributed by atoms with Crippen molar-refractivity contribution in [2.75, 3.05) is 25.2 Å². The molecule has 0 spiro atoms. The normalized spacial score (nSPS) is 11.3. The third-order valence-corrected chi connectivity index (χ3v) is 8.62. The van der Waals surface area contributed by atoms with Crippen LogP contribution in [0, 0.1) is 0 Å². The van der Waals surface area contributed by atoms with E-state index in [1.54, 1.807) is 0 Å². The molecule has 0 aromatic carbocycles. The van der Waals surface area contributed by atoms with Crippen LogP contribution in [-0.2, 0) is 38.1 Å². The Hall–Kier alpha value is -1.64. The zero-order valence-electron chi connectivity index (χ0n) is 29.7. The van der Waals surface area contributed by atoms with Gasteiger partial charge in [0.2, 0.25) is 5.60 Å². The molecule has 0 aliphatic heterocycles. The summed E-state index contributed by atoms with van der Waals surface area (Å²) < 4.78 is 22.3. The first kappa shape index (κ1) is 44.4. The lowest BCUT2D eigenvalue weighted by Crippen LogP contribution is -2.48. The molecule has 0 radical (unpaired) electrons. The van der Waals surface area contributed by atoms with Crippen LogP contribution < -0.4 is 0 Å². The van der Waals surface area contributed by atoms with Crippen molar-refractivity contribution in [1.82, 2.24) is 0 Å². The van der Waals surface area contributed by atoms with Gasteiger partial charge in [-0.25, -0.2) is 4.79 Å². The van der Waals surface area contributed by atoms with Crippen LogP contribution in [-0.4, -0.2) is 54.6 Å². The zero-order chi connectivity index (χ0) is 34.1. The van der Waals surface area contributed by atoms with E-state index in [-0.39, 0.29) is 26.2 Å². The van der Waals surface area contributed by atoms with Crippen molar-refractivity contribution < 1.29 is 38.1 Å². The van der Waals surface area contributed by atoms with Crippen molar-refractivity contribution >= 4 is 39.8 Å². The van der Waals surface area contributed by atoms with Crippen LogP contribution in [0.2, 0.25) is 0 Å². The highest BCUT2D eigenvalue weighted by Gasteiger charge is 2.49. The zero-order valence-corrected chi connectivity index (χ0v) is 31.2. The molecule has 0 rings (SSSR count). The van der Waals surface area contributed by atoms with Crippen LogP contribution in [0.1, 0.15) is 181 Å². The smallest absolute Gasteiger partial charge is 0.351 e. The molecule has 0 aromatic heterocycles. The Bertz CT molecular complexity index is 740. The molecule has 0 amide bonds. The predicted octanol–water partition coefficient (Wildman–Crippen LogP) is 10.1. The van der Waals surface area contributed by atoms with E-state index in [4.69, 9.17) is 18.9 Å². The van der Waals surface area contributed by atoms with E-state index in [9.17, 15) is 19.2 Å². The second-order valence-electron chi connectivity index (χ2n) is 12.6. The van der Waals surface area contributed by atoms with E-state index in [1.165, 1.54) is 12.8 Å². The molecule has 0 unspecified atom stereocenters. The summed E-state index contributed by atoms with van der Waals surface area (Å²) in [7, 11) is 0. The Balaban J connectivity index is 5.57. The lowest BCUT2D eigenvalue weighted by molar-refractivity contribution is -0.191. The molecule has 0 bridgehead atoms. The van der Waals surface area contributed by atoms with E-state index in [0.717, 1.165) is 108 Å². The summed E-state index contributed by atoms with van der Waals surface area (Å²) in [6.07, 6.45) is 20.7. The highest BCUT2D eigenvalue weighted by molar-refractivity contribution is 9.09. The molecule has 0 aliphatic rings. The summed E-state index contributed by atoms with van der Waals surface area (Å²) in [5.74, 6) is -2.91. The van der Waals surface area contributed by atoms with Crippen molar-refractivity contribution in [3.8, 4) is 0 Å². The van der Waals surface area contributed by atoms with Crippen LogP contribution in [0.25, 0.3) is 0 Å². The van der Waals surface area contributed by atoms with Gasteiger partial charge in [0.1, 0.15) is 0 Å². The van der Waals surface area contributed by atoms with Crippen LogP contribution in [0.15, 0.2) is 0 Å². The Kier molecular flexibility index (Phi) is 30.8. The quantitative estimate of drug-likeness (QED) is 0.0286. The number of hydrogen-bond acceptors (Lipinski definition) is 8. The largest absolute Gasteiger partial charge is 0.466 e. The van der Waals surface area contributed by atoms with Gasteiger partial charge in [-0.15, -0.1) is 0 Å². The van der Waals surface area contributed by atoms with Gasteiger partial charge in [-0.05, 0) is 32.1 Å². The average molecular weight is 720 g/mol. The number of unbranched alkanes of at least 4 members (excludes halogenated alkanes) is 18. The van der Waals surface area contributed by atoms with E-state index in [0.29, 0.717) is 25.7 Å². The molecule has 0 aromatic rings. The maximum Gasteiger partial charge on any atom is 0.351 e. The van der Waals surface area contributed by atoms with Gasteiger partial charge < -0.3 is 18.9 Å². The maximum absolute atomic E-state index is 13.7. The van der Waals surface area contributed by atoms with E-state index >= 15 is 0 Å². The van der Waals surface area contributed by atoms with Crippen molar-refractivity contribution in [3.63, 3.8) is 0 Å². The van der Waals surface area contributed by atoms with Gasteiger partial charge in [-0.3, -0.25) is 14.4 Å². The fraction of sp³-hybridized carbons (Fsp3) is 0.892. The number of rotatable bonds is 33. The molecule has 0 atom stereocenters. The average Bonchev–Trinajstić information content (AvgIpc) is 3.03. The number of halogens is 1. The summed E-state index contributed by atoms with van der Waals surface area (Å²) in [4.78, 5) is 52.9. The minimum Gasteiger partial charge on any atom is -0.466 e. The molecule has 8 nitrogen and oxygen atoms in total. The second-order valence-corrected chi connectivity index (χ2v) is 13.3. The van der Waals surface area contributed by atoms with Crippen molar-refractivity contribution in [2.24, 2.45) is 0 Å². The Morgan fingerprint density at radius 3 is 1.26 bits per heavy atom. The molecule has 0 heterocycles. The minimum absolute atomic E-state index is 0.0777. The van der Waals surface area contributed by atoms with Crippen LogP contribution in [0.4, 0.5) is 0 Å². The van der Waals surface area contributed by atoms with Crippen molar-refractivity contribution in [1.29, 1.82) is 0 Å². The van der Waals surface area contributed by atoms with Gasteiger partial charge in [0.05, 0.1) is 32.7 Å². The van der Waals surface area contributed by atoms with E-state index in [2.05, 4.69) is 36.7 Å². The Labute approximate surface area is 289 Å². The minimum atomic E-state index is -2.12. The molecule has 0 N–H and O–H groups in total. The van der Waals surface area contributed by atoms with Crippen molar-refractivity contribution in [3.05, 3.63) is 0 Å². The Morgan fingerprint density at radius 1 is 0.457 bits per heavy atom. The van der Waals surface area contributed by atoms with Gasteiger partial charge in [0.15, 0.2) is 0 Å². The fourth-order valence-electron chi connectivity index (χ4n) is 5.19. The molecule has 9 heteroatoms. The second kappa shape index (κ2) is 31.9. The van der Waals surface area contributed by atoms with Gasteiger partial charge in [-0.2, -0.15) is 0 Å². The van der Waals surface area contributed by atoms with E-state index < -0.39 is 42.3 Å². The maximum atomic E-state index is 13.7. The Morgan fingerprint density at radius 2 is 0.826 bits per heavy atom. The van der Waals surface area contributed by atoms with Gasteiger partial charge in [-0.1, -0.05) is 146 Å². The first-order valence-corrected chi connectivity index (χ1v) is 19.7. The standard InChI is InChI=1S/C37H67BrO8/c1-4-7-10-13-18-23-28-43-34(40)31-37(46-33(39)26-21-16-17-22-27-38,36(42)45-30-25-20-15-12-9-6-3)32-35(41)44-29-24-19-14-11-8-5-2/h4-32H2,1-3H3. The number of alkyl halides is 1. The SMILES string of the molecule is CCCCCCCCOC(=O)CC(CC(=O)OCCCCCCCC)(OC(=O)CCCCCCBr)C(=O)OCCCCCCCC. The summed E-state index contributed by atoms with van der Waals surface area (Å²) >= 11 is 3.42. The van der Waals surface area contributed by atoms with Gasteiger partial charge >= 0.3 is 23.9 Å². The number of hydrogen-bond donors (Lipinski definition) is 0. The number of carbonyl (C=O) groups excluding carboxylic acids is 4. The molecular formula is C37H67BrO8. The highest BCUT2D eigenvalue weighted by atomic mass is 79.9.